The van der Waals surface area contributed by atoms with Crippen LogP contribution < -0.4 is 4.74 Å². The molecular formula is C11H7ClN2O3. The van der Waals surface area contributed by atoms with E-state index in [0.717, 1.165) is 0 Å². The van der Waals surface area contributed by atoms with Gasteiger partial charge < -0.3 is 9.84 Å². The zero-order valence-electron chi connectivity index (χ0n) is 8.50. The van der Waals surface area contributed by atoms with Crippen molar-refractivity contribution in [3.8, 4) is 11.6 Å². The Labute approximate surface area is 102 Å². The Hall–Kier alpha value is -2.14. The molecule has 6 heteroatoms. The van der Waals surface area contributed by atoms with Crippen molar-refractivity contribution >= 4 is 17.6 Å². The lowest BCUT2D eigenvalue weighted by Crippen LogP contribution is -2.00. The maximum absolute atomic E-state index is 11.0. The first-order valence-corrected chi connectivity index (χ1v) is 5.01. The van der Waals surface area contributed by atoms with Crippen LogP contribution in [0.2, 0.25) is 5.02 Å². The summed E-state index contributed by atoms with van der Waals surface area (Å²) in [7, 11) is 0. The van der Waals surface area contributed by atoms with E-state index in [4.69, 9.17) is 21.4 Å². The molecule has 5 nitrogen and oxygen atoms in total. The van der Waals surface area contributed by atoms with Gasteiger partial charge in [0.1, 0.15) is 17.6 Å². The monoisotopic (exact) mass is 250 g/mol. The number of hydrogen-bond acceptors (Lipinski definition) is 4. The third-order valence-electron chi connectivity index (χ3n) is 1.94. The SMILES string of the molecule is O=C(O)c1ccc(Cl)cc1Oc1ccncn1. The first kappa shape index (κ1) is 11.3. The first-order chi connectivity index (χ1) is 8.16. The highest BCUT2D eigenvalue weighted by atomic mass is 35.5. The molecule has 0 atom stereocenters. The van der Waals surface area contributed by atoms with Crippen molar-refractivity contribution in [1.82, 2.24) is 9.97 Å². The Morgan fingerprint density at radius 2 is 2.18 bits per heavy atom. The van der Waals surface area contributed by atoms with Gasteiger partial charge in [-0.25, -0.2) is 14.8 Å². The van der Waals surface area contributed by atoms with Crippen LogP contribution in [0.1, 0.15) is 10.4 Å². The smallest absolute Gasteiger partial charge is 0.339 e. The fraction of sp³-hybridized carbons (Fsp3) is 0. The second-order valence-electron chi connectivity index (χ2n) is 3.10. The van der Waals surface area contributed by atoms with Crippen molar-refractivity contribution in [2.45, 2.75) is 0 Å². The Kier molecular flexibility index (Phi) is 3.20. The lowest BCUT2D eigenvalue weighted by atomic mass is 10.2. The fourth-order valence-corrected chi connectivity index (χ4v) is 1.37. The molecule has 0 saturated heterocycles. The maximum Gasteiger partial charge on any atom is 0.339 e. The van der Waals surface area contributed by atoms with Crippen molar-refractivity contribution < 1.29 is 14.6 Å². The second kappa shape index (κ2) is 4.80. The van der Waals surface area contributed by atoms with Crippen LogP contribution in [0, 0.1) is 0 Å². The molecule has 17 heavy (non-hydrogen) atoms. The molecule has 0 saturated carbocycles. The molecule has 86 valence electrons. The molecule has 0 radical (unpaired) electrons. The van der Waals surface area contributed by atoms with E-state index in [1.54, 1.807) is 0 Å². The molecule has 2 aromatic rings. The van der Waals surface area contributed by atoms with Gasteiger partial charge in [-0.2, -0.15) is 0 Å². The van der Waals surface area contributed by atoms with Crippen molar-refractivity contribution in [2.24, 2.45) is 0 Å². The van der Waals surface area contributed by atoms with Gasteiger partial charge in [0.15, 0.2) is 0 Å². The lowest BCUT2D eigenvalue weighted by molar-refractivity contribution is 0.0694. The summed E-state index contributed by atoms with van der Waals surface area (Å²) in [6.07, 6.45) is 2.80. The number of rotatable bonds is 3. The third-order valence-corrected chi connectivity index (χ3v) is 2.18. The predicted molar refractivity (Wildman–Crippen MR) is 60.5 cm³/mol. The number of carboxylic acids is 1. The third kappa shape index (κ3) is 2.70. The maximum atomic E-state index is 11.0. The minimum Gasteiger partial charge on any atom is -0.478 e. The lowest BCUT2D eigenvalue weighted by Gasteiger charge is -2.07. The molecule has 1 heterocycles. The number of carbonyl (C=O) groups is 1. The van der Waals surface area contributed by atoms with Crippen LogP contribution in [0.25, 0.3) is 0 Å². The van der Waals surface area contributed by atoms with E-state index < -0.39 is 5.97 Å². The van der Waals surface area contributed by atoms with Gasteiger partial charge in [0, 0.05) is 23.4 Å². The Morgan fingerprint density at radius 3 is 2.82 bits per heavy atom. The van der Waals surface area contributed by atoms with Gasteiger partial charge in [-0.3, -0.25) is 0 Å². The van der Waals surface area contributed by atoms with Crippen LogP contribution in [-0.4, -0.2) is 21.0 Å². The van der Waals surface area contributed by atoms with Gasteiger partial charge in [-0.1, -0.05) is 11.6 Å². The van der Waals surface area contributed by atoms with Crippen molar-refractivity contribution in [3.63, 3.8) is 0 Å². The Bertz CT molecular complexity index is 546. The summed E-state index contributed by atoms with van der Waals surface area (Å²) >= 11 is 5.78. The quantitative estimate of drug-likeness (QED) is 0.907. The van der Waals surface area contributed by atoms with Crippen LogP contribution >= 0.6 is 11.6 Å². The highest BCUT2D eigenvalue weighted by molar-refractivity contribution is 6.30. The first-order valence-electron chi connectivity index (χ1n) is 4.63. The molecule has 0 fully saturated rings. The molecule has 0 unspecified atom stereocenters. The number of aromatic carboxylic acids is 1. The highest BCUT2D eigenvalue weighted by Gasteiger charge is 2.12. The number of aromatic nitrogens is 2. The molecule has 1 aromatic carbocycles. The standard InChI is InChI=1S/C11H7ClN2O3/c12-7-1-2-8(11(15)16)9(5-7)17-10-3-4-13-6-14-10/h1-6H,(H,15,16). The summed E-state index contributed by atoms with van der Waals surface area (Å²) in [5, 5.41) is 9.37. The number of halogens is 1. The van der Waals surface area contributed by atoms with E-state index in [2.05, 4.69) is 9.97 Å². The zero-order valence-corrected chi connectivity index (χ0v) is 9.26. The Balaban J connectivity index is 2.37. The summed E-state index contributed by atoms with van der Waals surface area (Å²) in [5.74, 6) is -0.695. The van der Waals surface area contributed by atoms with Crippen molar-refractivity contribution in [3.05, 3.63) is 47.4 Å². The van der Waals surface area contributed by atoms with Gasteiger partial charge >= 0.3 is 5.97 Å². The normalized spacial score (nSPS) is 9.94. The van der Waals surface area contributed by atoms with Gasteiger partial charge in [0.2, 0.25) is 5.88 Å². The van der Waals surface area contributed by atoms with Crippen LogP contribution in [0.4, 0.5) is 0 Å². The molecule has 0 aliphatic carbocycles. The molecule has 2 rings (SSSR count). The number of hydrogen-bond donors (Lipinski definition) is 1. The van der Waals surface area contributed by atoms with Crippen LogP contribution in [0.5, 0.6) is 11.6 Å². The summed E-state index contributed by atoms with van der Waals surface area (Å²) in [4.78, 5) is 18.5. The second-order valence-corrected chi connectivity index (χ2v) is 3.53. The molecule has 0 bridgehead atoms. The summed E-state index contributed by atoms with van der Waals surface area (Å²) in [6, 6.07) is 5.80. The van der Waals surface area contributed by atoms with E-state index in [1.807, 2.05) is 0 Å². The van der Waals surface area contributed by atoms with E-state index >= 15 is 0 Å². The number of nitrogens with zero attached hydrogens (tertiary/aromatic N) is 2. The van der Waals surface area contributed by atoms with Gasteiger partial charge in [0.05, 0.1) is 0 Å². The zero-order chi connectivity index (χ0) is 12.3. The summed E-state index contributed by atoms with van der Waals surface area (Å²) in [6.45, 7) is 0. The Morgan fingerprint density at radius 1 is 1.35 bits per heavy atom. The van der Waals surface area contributed by atoms with E-state index in [-0.39, 0.29) is 17.2 Å². The molecular weight excluding hydrogens is 244 g/mol. The molecule has 0 amide bonds. The topological polar surface area (TPSA) is 72.3 Å². The molecule has 0 spiro atoms. The average Bonchev–Trinajstić information content (AvgIpc) is 2.30. The van der Waals surface area contributed by atoms with E-state index in [0.29, 0.717) is 5.02 Å². The largest absolute Gasteiger partial charge is 0.478 e. The minimum atomic E-state index is -1.09. The highest BCUT2D eigenvalue weighted by Crippen LogP contribution is 2.27. The number of benzene rings is 1. The molecule has 1 N–H and O–H groups in total. The van der Waals surface area contributed by atoms with Crippen molar-refractivity contribution in [2.75, 3.05) is 0 Å². The van der Waals surface area contributed by atoms with Crippen LogP contribution in [0.3, 0.4) is 0 Å². The van der Waals surface area contributed by atoms with Gasteiger partial charge in [-0.15, -0.1) is 0 Å². The number of carboxylic acid groups (broad SMARTS) is 1. The van der Waals surface area contributed by atoms with E-state index in [9.17, 15) is 4.79 Å². The van der Waals surface area contributed by atoms with Crippen LogP contribution in [0.15, 0.2) is 36.8 Å². The minimum absolute atomic E-state index is 0.0213. The number of ether oxygens (including phenoxy) is 1. The van der Waals surface area contributed by atoms with Crippen LogP contribution in [-0.2, 0) is 0 Å². The summed E-state index contributed by atoms with van der Waals surface area (Å²) in [5.41, 5.74) is 0.0213. The average molecular weight is 251 g/mol. The van der Waals surface area contributed by atoms with E-state index in [1.165, 1.54) is 36.8 Å². The predicted octanol–water partition coefficient (Wildman–Crippen LogP) is 2.62. The molecule has 0 aliphatic rings. The van der Waals surface area contributed by atoms with Gasteiger partial charge in [0.25, 0.3) is 0 Å². The fourth-order valence-electron chi connectivity index (χ4n) is 1.21. The molecule has 0 aliphatic heterocycles. The van der Waals surface area contributed by atoms with Crippen molar-refractivity contribution in [1.29, 1.82) is 0 Å². The molecule has 1 aromatic heterocycles. The summed E-state index contributed by atoms with van der Waals surface area (Å²) < 4.78 is 5.34. The van der Waals surface area contributed by atoms with Gasteiger partial charge in [-0.05, 0) is 12.1 Å².